The van der Waals surface area contributed by atoms with Gasteiger partial charge in [0.2, 0.25) is 0 Å². The Bertz CT molecular complexity index is 396. The van der Waals surface area contributed by atoms with Crippen LogP contribution in [0.25, 0.3) is 0 Å². The second-order valence-corrected chi connectivity index (χ2v) is 5.16. The minimum Gasteiger partial charge on any atom is -0.508 e. The van der Waals surface area contributed by atoms with Gasteiger partial charge in [-0.05, 0) is 44.9 Å². The molecular formula is C13H20N2O3. The summed E-state index contributed by atoms with van der Waals surface area (Å²) in [5, 5.41) is 9.14. The number of carbonyl (C=O) groups is 1. The minimum atomic E-state index is -0.683. The normalized spacial score (nSPS) is 13.1. The van der Waals surface area contributed by atoms with E-state index in [-0.39, 0.29) is 11.7 Å². The van der Waals surface area contributed by atoms with Crippen molar-refractivity contribution >= 4 is 5.91 Å². The Hall–Kier alpha value is -1.59. The van der Waals surface area contributed by atoms with Gasteiger partial charge in [-0.2, -0.15) is 0 Å². The summed E-state index contributed by atoms with van der Waals surface area (Å²) in [6.07, 6.45) is 0.389. The Morgan fingerprint density at radius 1 is 1.39 bits per heavy atom. The Morgan fingerprint density at radius 3 is 2.44 bits per heavy atom. The molecule has 4 N–H and O–H groups in total. The molecule has 0 saturated heterocycles. The van der Waals surface area contributed by atoms with E-state index in [1.54, 1.807) is 24.3 Å². The van der Waals surface area contributed by atoms with E-state index in [4.69, 9.17) is 15.7 Å². The lowest BCUT2D eigenvalue weighted by Gasteiger charge is -2.20. The van der Waals surface area contributed by atoms with Gasteiger partial charge in [0.25, 0.3) is 5.91 Å². The van der Waals surface area contributed by atoms with Gasteiger partial charge in [0.1, 0.15) is 5.75 Å². The quantitative estimate of drug-likeness (QED) is 0.701. The Kier molecular flexibility index (Phi) is 4.69. The second kappa shape index (κ2) is 5.84. The molecule has 18 heavy (non-hydrogen) atoms. The van der Waals surface area contributed by atoms with Gasteiger partial charge >= 0.3 is 0 Å². The van der Waals surface area contributed by atoms with Gasteiger partial charge < -0.3 is 10.8 Å². The number of benzene rings is 1. The smallest absolute Gasteiger partial charge is 0.260 e. The molecule has 0 bridgehead atoms. The van der Waals surface area contributed by atoms with Crippen molar-refractivity contribution in [2.24, 2.45) is 5.73 Å². The lowest BCUT2D eigenvalue weighted by atomic mass is 10.1. The van der Waals surface area contributed by atoms with Crippen molar-refractivity contribution in [2.75, 3.05) is 0 Å². The van der Waals surface area contributed by atoms with E-state index in [0.29, 0.717) is 6.42 Å². The first-order chi connectivity index (χ1) is 8.28. The maximum atomic E-state index is 11.7. The number of nitrogens with one attached hydrogen (secondary N) is 1. The molecule has 1 rings (SSSR count). The molecule has 1 unspecified atom stereocenters. The first-order valence-electron chi connectivity index (χ1n) is 5.79. The van der Waals surface area contributed by atoms with Crippen LogP contribution in [-0.2, 0) is 16.1 Å². The number of hydrogen-bond donors (Lipinski definition) is 3. The zero-order valence-corrected chi connectivity index (χ0v) is 10.9. The molecule has 5 heteroatoms. The highest BCUT2D eigenvalue weighted by Gasteiger charge is 2.18. The number of carbonyl (C=O) groups excluding carboxylic acids is 1. The third-order valence-electron chi connectivity index (χ3n) is 2.19. The van der Waals surface area contributed by atoms with E-state index in [9.17, 15) is 4.79 Å². The lowest BCUT2D eigenvalue weighted by Crippen LogP contribution is -2.44. The molecule has 1 aromatic carbocycles. The third kappa shape index (κ3) is 5.16. The number of nitrogens with two attached hydrogens (primary N) is 1. The number of phenols is 1. The highest BCUT2D eigenvalue weighted by Crippen LogP contribution is 2.11. The molecule has 1 atom stereocenters. The molecule has 0 spiro atoms. The summed E-state index contributed by atoms with van der Waals surface area (Å²) < 4.78 is 0. The lowest BCUT2D eigenvalue weighted by molar-refractivity contribution is -0.146. The molecule has 0 radical (unpaired) electrons. The number of rotatable bonds is 4. The van der Waals surface area contributed by atoms with Gasteiger partial charge in [-0.1, -0.05) is 12.1 Å². The van der Waals surface area contributed by atoms with Gasteiger partial charge in [0, 0.05) is 0 Å². The molecule has 0 aromatic heterocycles. The van der Waals surface area contributed by atoms with Crippen LogP contribution in [0.2, 0.25) is 0 Å². The Morgan fingerprint density at radius 2 is 1.94 bits per heavy atom. The van der Waals surface area contributed by atoms with Gasteiger partial charge in [-0.15, -0.1) is 0 Å². The first kappa shape index (κ1) is 14.5. The van der Waals surface area contributed by atoms with Crippen LogP contribution in [0.15, 0.2) is 24.3 Å². The monoisotopic (exact) mass is 252 g/mol. The molecule has 0 aliphatic carbocycles. The fourth-order valence-electron chi connectivity index (χ4n) is 1.26. The number of aromatic hydroxyl groups is 1. The van der Waals surface area contributed by atoms with E-state index in [0.717, 1.165) is 5.56 Å². The van der Waals surface area contributed by atoms with Crippen molar-refractivity contribution < 1.29 is 14.7 Å². The highest BCUT2D eigenvalue weighted by atomic mass is 16.7. The predicted octanol–water partition coefficient (Wildman–Crippen LogP) is 1.11. The minimum absolute atomic E-state index is 0.188. The van der Waals surface area contributed by atoms with Crippen molar-refractivity contribution in [3.63, 3.8) is 0 Å². The zero-order valence-electron chi connectivity index (χ0n) is 10.9. The van der Waals surface area contributed by atoms with Crippen LogP contribution in [0.5, 0.6) is 5.75 Å². The predicted molar refractivity (Wildman–Crippen MR) is 68.8 cm³/mol. The standard InChI is InChI=1S/C13H20N2O3/c1-13(2,3)18-15-12(17)11(14)8-9-4-6-10(16)7-5-9/h4-7,11,16H,8,14H2,1-3H3,(H,15,17). The van der Waals surface area contributed by atoms with E-state index in [2.05, 4.69) is 5.48 Å². The topological polar surface area (TPSA) is 84.6 Å². The fourth-order valence-corrected chi connectivity index (χ4v) is 1.26. The highest BCUT2D eigenvalue weighted by molar-refractivity contribution is 5.80. The summed E-state index contributed by atoms with van der Waals surface area (Å²) in [6, 6.07) is 5.90. The number of hydrogen-bond acceptors (Lipinski definition) is 4. The summed E-state index contributed by atoms with van der Waals surface area (Å²) in [7, 11) is 0. The second-order valence-electron chi connectivity index (χ2n) is 5.16. The summed E-state index contributed by atoms with van der Waals surface area (Å²) in [4.78, 5) is 16.8. The van der Waals surface area contributed by atoms with Crippen LogP contribution in [0, 0.1) is 0 Å². The van der Waals surface area contributed by atoms with E-state index in [1.807, 2.05) is 20.8 Å². The van der Waals surface area contributed by atoms with Crippen LogP contribution >= 0.6 is 0 Å². The van der Waals surface area contributed by atoms with Crippen LogP contribution in [0.4, 0.5) is 0 Å². The third-order valence-corrected chi connectivity index (χ3v) is 2.19. The zero-order chi connectivity index (χ0) is 13.8. The molecule has 1 amide bonds. The van der Waals surface area contributed by atoms with E-state index < -0.39 is 11.6 Å². The van der Waals surface area contributed by atoms with Crippen molar-refractivity contribution in [3.8, 4) is 5.75 Å². The maximum absolute atomic E-state index is 11.7. The molecule has 0 saturated carbocycles. The molecule has 100 valence electrons. The molecule has 5 nitrogen and oxygen atoms in total. The first-order valence-corrected chi connectivity index (χ1v) is 5.79. The molecule has 0 fully saturated rings. The summed E-state index contributed by atoms with van der Waals surface area (Å²) >= 11 is 0. The van der Waals surface area contributed by atoms with Gasteiger partial charge in [-0.25, -0.2) is 5.48 Å². The number of amides is 1. The van der Waals surface area contributed by atoms with Crippen molar-refractivity contribution in [3.05, 3.63) is 29.8 Å². The Balaban J connectivity index is 2.47. The van der Waals surface area contributed by atoms with Crippen LogP contribution < -0.4 is 11.2 Å². The van der Waals surface area contributed by atoms with E-state index in [1.165, 1.54) is 0 Å². The molecule has 0 aliphatic rings. The van der Waals surface area contributed by atoms with Crippen molar-refractivity contribution in [1.82, 2.24) is 5.48 Å². The SMILES string of the molecule is CC(C)(C)ONC(=O)C(N)Cc1ccc(O)cc1. The molecule has 1 aromatic rings. The maximum Gasteiger partial charge on any atom is 0.260 e. The Labute approximate surface area is 107 Å². The van der Waals surface area contributed by atoms with Crippen molar-refractivity contribution in [2.45, 2.75) is 38.8 Å². The molecular weight excluding hydrogens is 232 g/mol. The van der Waals surface area contributed by atoms with Crippen molar-refractivity contribution in [1.29, 1.82) is 0 Å². The van der Waals surface area contributed by atoms with Crippen LogP contribution in [0.3, 0.4) is 0 Å². The van der Waals surface area contributed by atoms with Gasteiger partial charge in [0.05, 0.1) is 11.6 Å². The van der Waals surface area contributed by atoms with Crippen LogP contribution in [0.1, 0.15) is 26.3 Å². The van der Waals surface area contributed by atoms with E-state index >= 15 is 0 Å². The average Bonchev–Trinajstić information content (AvgIpc) is 2.28. The molecule has 0 heterocycles. The average molecular weight is 252 g/mol. The molecule has 0 aliphatic heterocycles. The number of hydroxylamine groups is 1. The summed E-state index contributed by atoms with van der Waals surface area (Å²) in [5.74, 6) is -0.175. The number of phenolic OH excluding ortho intramolecular Hbond substituents is 1. The summed E-state index contributed by atoms with van der Waals surface area (Å²) in [5.41, 5.74) is 8.53. The van der Waals surface area contributed by atoms with Gasteiger partial charge in [0.15, 0.2) is 0 Å². The van der Waals surface area contributed by atoms with Gasteiger partial charge in [-0.3, -0.25) is 9.63 Å². The van der Waals surface area contributed by atoms with Crippen LogP contribution in [-0.4, -0.2) is 22.7 Å². The fraction of sp³-hybridized carbons (Fsp3) is 0.462. The summed E-state index contributed by atoms with van der Waals surface area (Å²) in [6.45, 7) is 5.50. The largest absolute Gasteiger partial charge is 0.508 e.